The third-order valence-electron chi connectivity index (χ3n) is 4.20. The third kappa shape index (κ3) is 2.54. The molecule has 1 N–H and O–H groups in total. The maximum absolute atomic E-state index is 12.5. The zero-order valence-corrected chi connectivity index (χ0v) is 13.1. The topological polar surface area (TPSA) is 64.4 Å². The number of ether oxygens (including phenoxy) is 1. The molecule has 2 atom stereocenters. The molecule has 1 amide bonds. The standard InChI is InChI=1S/C19H16N2O3/c1-12-14-9-5-6-10-15(14)23-18(12)19(22)20-17-11-16(24-21-17)13-7-3-2-4-8-13/h2-12,18H,1H3,(H,20,21,22)/t12-,18-/m0/s1. The highest BCUT2D eigenvalue weighted by Crippen LogP contribution is 2.38. The van der Waals surface area contributed by atoms with E-state index in [0.717, 1.165) is 16.9 Å². The average molecular weight is 320 g/mol. The quantitative estimate of drug-likeness (QED) is 0.796. The molecule has 5 nitrogen and oxygen atoms in total. The molecule has 0 aliphatic carbocycles. The lowest BCUT2D eigenvalue weighted by Gasteiger charge is -2.13. The van der Waals surface area contributed by atoms with Gasteiger partial charge in [-0.3, -0.25) is 4.79 Å². The molecule has 0 saturated carbocycles. The molecule has 5 heteroatoms. The smallest absolute Gasteiger partial charge is 0.267 e. The Hall–Kier alpha value is -3.08. The van der Waals surface area contributed by atoms with E-state index in [9.17, 15) is 4.79 Å². The van der Waals surface area contributed by atoms with Gasteiger partial charge in [0.05, 0.1) is 0 Å². The van der Waals surface area contributed by atoms with E-state index in [2.05, 4.69) is 10.5 Å². The van der Waals surface area contributed by atoms with E-state index in [1.165, 1.54) is 0 Å². The van der Waals surface area contributed by atoms with Crippen LogP contribution in [0.3, 0.4) is 0 Å². The second-order valence-corrected chi connectivity index (χ2v) is 5.80. The summed E-state index contributed by atoms with van der Waals surface area (Å²) in [4.78, 5) is 12.5. The van der Waals surface area contributed by atoms with Crippen molar-refractivity contribution in [2.24, 2.45) is 0 Å². The molecule has 1 aliphatic rings. The Balaban J connectivity index is 1.49. The fourth-order valence-corrected chi connectivity index (χ4v) is 2.92. The number of rotatable bonds is 3. The van der Waals surface area contributed by atoms with Crippen LogP contribution in [-0.2, 0) is 4.79 Å². The van der Waals surface area contributed by atoms with Gasteiger partial charge in [-0.05, 0) is 6.07 Å². The van der Waals surface area contributed by atoms with Crippen LogP contribution < -0.4 is 10.1 Å². The number of hydrogen-bond acceptors (Lipinski definition) is 4. The van der Waals surface area contributed by atoms with Crippen LogP contribution in [0.2, 0.25) is 0 Å². The van der Waals surface area contributed by atoms with Crippen molar-refractivity contribution in [3.63, 3.8) is 0 Å². The van der Waals surface area contributed by atoms with Crippen molar-refractivity contribution in [2.75, 3.05) is 5.32 Å². The number of benzene rings is 2. The van der Waals surface area contributed by atoms with Crippen molar-refractivity contribution in [2.45, 2.75) is 18.9 Å². The van der Waals surface area contributed by atoms with E-state index >= 15 is 0 Å². The van der Waals surface area contributed by atoms with Crippen molar-refractivity contribution in [3.8, 4) is 17.1 Å². The molecule has 2 aromatic carbocycles. The van der Waals surface area contributed by atoms with Crippen molar-refractivity contribution < 1.29 is 14.1 Å². The Kier molecular flexibility index (Phi) is 3.54. The molecular formula is C19H16N2O3. The molecule has 0 unspecified atom stereocenters. The van der Waals surface area contributed by atoms with Gasteiger partial charge in [-0.2, -0.15) is 0 Å². The zero-order valence-electron chi connectivity index (χ0n) is 13.1. The number of amides is 1. The normalized spacial score (nSPS) is 18.7. The summed E-state index contributed by atoms with van der Waals surface area (Å²) >= 11 is 0. The lowest BCUT2D eigenvalue weighted by Crippen LogP contribution is -2.33. The summed E-state index contributed by atoms with van der Waals surface area (Å²) in [6.07, 6.45) is -0.570. The first-order chi connectivity index (χ1) is 11.7. The summed E-state index contributed by atoms with van der Waals surface area (Å²) in [5, 5.41) is 6.69. The molecular weight excluding hydrogens is 304 g/mol. The van der Waals surface area contributed by atoms with Crippen LogP contribution in [0, 0.1) is 0 Å². The van der Waals surface area contributed by atoms with Gasteiger partial charge in [-0.1, -0.05) is 60.6 Å². The van der Waals surface area contributed by atoms with Crippen LogP contribution in [0.4, 0.5) is 5.82 Å². The second kappa shape index (κ2) is 5.85. The zero-order chi connectivity index (χ0) is 16.5. The molecule has 0 bridgehead atoms. The van der Waals surface area contributed by atoms with Crippen LogP contribution in [0.5, 0.6) is 5.75 Å². The molecule has 0 fully saturated rings. The highest BCUT2D eigenvalue weighted by molar-refractivity contribution is 5.95. The molecule has 1 aliphatic heterocycles. The van der Waals surface area contributed by atoms with Gasteiger partial charge < -0.3 is 14.6 Å². The third-order valence-corrected chi connectivity index (χ3v) is 4.20. The predicted octanol–water partition coefficient (Wildman–Crippen LogP) is 3.84. The largest absolute Gasteiger partial charge is 0.480 e. The fourth-order valence-electron chi connectivity index (χ4n) is 2.92. The number of para-hydroxylation sites is 1. The molecule has 24 heavy (non-hydrogen) atoms. The van der Waals surface area contributed by atoms with Crippen molar-refractivity contribution in [1.82, 2.24) is 5.16 Å². The van der Waals surface area contributed by atoms with Gasteiger partial charge in [0, 0.05) is 23.1 Å². The number of carbonyl (C=O) groups excluding carboxylic acids is 1. The van der Waals surface area contributed by atoms with Gasteiger partial charge in [0.15, 0.2) is 17.7 Å². The van der Waals surface area contributed by atoms with E-state index < -0.39 is 6.10 Å². The van der Waals surface area contributed by atoms with E-state index in [4.69, 9.17) is 9.26 Å². The van der Waals surface area contributed by atoms with Gasteiger partial charge in [0.1, 0.15) is 5.75 Å². The minimum absolute atomic E-state index is 0.0123. The van der Waals surface area contributed by atoms with Crippen LogP contribution in [0.25, 0.3) is 11.3 Å². The summed E-state index contributed by atoms with van der Waals surface area (Å²) < 4.78 is 11.1. The Morgan fingerprint density at radius 2 is 1.83 bits per heavy atom. The summed E-state index contributed by atoms with van der Waals surface area (Å²) in [7, 11) is 0. The molecule has 0 saturated heterocycles. The minimum atomic E-state index is -0.570. The lowest BCUT2D eigenvalue weighted by molar-refractivity contribution is -0.122. The van der Waals surface area contributed by atoms with E-state index in [0.29, 0.717) is 11.6 Å². The van der Waals surface area contributed by atoms with Crippen LogP contribution >= 0.6 is 0 Å². The van der Waals surface area contributed by atoms with Crippen LogP contribution in [0.1, 0.15) is 18.4 Å². The number of nitrogens with one attached hydrogen (secondary N) is 1. The fraction of sp³-hybridized carbons (Fsp3) is 0.158. The van der Waals surface area contributed by atoms with Crippen LogP contribution in [-0.4, -0.2) is 17.2 Å². The minimum Gasteiger partial charge on any atom is -0.480 e. The highest BCUT2D eigenvalue weighted by atomic mass is 16.5. The highest BCUT2D eigenvalue weighted by Gasteiger charge is 2.36. The van der Waals surface area contributed by atoms with Crippen molar-refractivity contribution in [1.29, 1.82) is 0 Å². The van der Waals surface area contributed by atoms with Crippen LogP contribution in [0.15, 0.2) is 65.2 Å². The summed E-state index contributed by atoms with van der Waals surface area (Å²) in [5.41, 5.74) is 1.95. The monoisotopic (exact) mass is 320 g/mol. The van der Waals surface area contributed by atoms with Gasteiger partial charge in [-0.15, -0.1) is 0 Å². The molecule has 0 radical (unpaired) electrons. The van der Waals surface area contributed by atoms with Gasteiger partial charge in [0.2, 0.25) is 0 Å². The molecule has 2 heterocycles. The Morgan fingerprint density at radius 1 is 1.08 bits per heavy atom. The summed E-state index contributed by atoms with van der Waals surface area (Å²) in [6, 6.07) is 19.0. The Bertz CT molecular complexity index is 873. The Morgan fingerprint density at radius 3 is 2.62 bits per heavy atom. The Labute approximate surface area is 139 Å². The molecule has 4 rings (SSSR count). The number of anilines is 1. The first-order valence-electron chi connectivity index (χ1n) is 7.81. The maximum Gasteiger partial charge on any atom is 0.267 e. The number of carbonyl (C=O) groups is 1. The van der Waals surface area contributed by atoms with Gasteiger partial charge in [0.25, 0.3) is 5.91 Å². The van der Waals surface area contributed by atoms with Crippen molar-refractivity contribution >= 4 is 11.7 Å². The first-order valence-corrected chi connectivity index (χ1v) is 7.81. The summed E-state index contributed by atoms with van der Waals surface area (Å²) in [5.74, 6) is 1.50. The average Bonchev–Trinajstić information content (AvgIpc) is 3.21. The van der Waals surface area contributed by atoms with E-state index in [1.807, 2.05) is 61.5 Å². The number of hydrogen-bond donors (Lipinski definition) is 1. The first kappa shape index (κ1) is 14.5. The molecule has 120 valence electrons. The number of nitrogens with zero attached hydrogens (tertiary/aromatic N) is 1. The number of aromatic nitrogens is 1. The van der Waals surface area contributed by atoms with E-state index in [1.54, 1.807) is 6.07 Å². The van der Waals surface area contributed by atoms with Gasteiger partial charge >= 0.3 is 0 Å². The number of fused-ring (bicyclic) bond motifs is 1. The SMILES string of the molecule is C[C@H]1c2ccccc2O[C@@H]1C(=O)Nc1cc(-c2ccccc2)on1. The second-order valence-electron chi connectivity index (χ2n) is 5.80. The lowest BCUT2D eigenvalue weighted by atomic mass is 9.97. The molecule has 3 aromatic rings. The van der Waals surface area contributed by atoms with Crippen molar-refractivity contribution in [3.05, 3.63) is 66.2 Å². The predicted molar refractivity (Wildman–Crippen MR) is 89.8 cm³/mol. The van der Waals surface area contributed by atoms with Gasteiger partial charge in [-0.25, -0.2) is 0 Å². The van der Waals surface area contributed by atoms with E-state index in [-0.39, 0.29) is 11.8 Å². The maximum atomic E-state index is 12.5. The molecule has 0 spiro atoms. The summed E-state index contributed by atoms with van der Waals surface area (Å²) in [6.45, 7) is 1.98. The molecule has 1 aromatic heterocycles.